The van der Waals surface area contributed by atoms with Crippen molar-refractivity contribution in [3.63, 3.8) is 0 Å². The molecule has 136 valence electrons. The van der Waals surface area contributed by atoms with Crippen LogP contribution in [0.3, 0.4) is 0 Å². The summed E-state index contributed by atoms with van der Waals surface area (Å²) in [5, 5.41) is 11.8. The van der Waals surface area contributed by atoms with Gasteiger partial charge in [-0.15, -0.1) is 11.3 Å². The van der Waals surface area contributed by atoms with Crippen molar-refractivity contribution >= 4 is 38.7 Å². The van der Waals surface area contributed by atoms with E-state index in [9.17, 15) is 14.4 Å². The fraction of sp³-hybridized carbons (Fsp3) is 0.200. The highest BCUT2D eigenvalue weighted by molar-refractivity contribution is 9.10. The Kier molecular flexibility index (Phi) is 4.62. The number of halogens is 2. The van der Waals surface area contributed by atoms with E-state index in [1.807, 2.05) is 11.4 Å². The van der Waals surface area contributed by atoms with Crippen molar-refractivity contribution < 1.29 is 9.18 Å². The standard InChI is InChI=1S/C20H15BrFN3OS/c21-11-8-17(27-10-11)18-14(9-23)20(24)25(13-6-4-12(22)5-7-13)15-2-1-3-16(26)19(15)18/h4-8,10,18H,1-3,24H2/t18-/m1/s1. The molecule has 0 saturated heterocycles. The molecule has 1 atom stereocenters. The zero-order valence-corrected chi connectivity index (χ0v) is 16.6. The van der Waals surface area contributed by atoms with Crippen molar-refractivity contribution in [2.45, 2.75) is 25.2 Å². The molecule has 0 saturated carbocycles. The molecule has 27 heavy (non-hydrogen) atoms. The lowest BCUT2D eigenvalue weighted by molar-refractivity contribution is -0.116. The Morgan fingerprint density at radius 3 is 2.67 bits per heavy atom. The average molecular weight is 444 g/mol. The fourth-order valence-electron chi connectivity index (χ4n) is 3.74. The minimum atomic E-state index is -0.453. The van der Waals surface area contributed by atoms with Crippen LogP contribution < -0.4 is 10.6 Å². The van der Waals surface area contributed by atoms with Crippen molar-refractivity contribution in [3.05, 3.63) is 73.5 Å². The Morgan fingerprint density at radius 1 is 1.30 bits per heavy atom. The maximum absolute atomic E-state index is 13.4. The molecule has 1 aromatic carbocycles. The number of carbonyl (C=O) groups excluding carboxylic acids is 1. The monoisotopic (exact) mass is 443 g/mol. The fourth-order valence-corrected chi connectivity index (χ4v) is 5.30. The maximum Gasteiger partial charge on any atom is 0.161 e. The van der Waals surface area contributed by atoms with Gasteiger partial charge in [-0.3, -0.25) is 9.69 Å². The molecule has 0 fully saturated rings. The maximum atomic E-state index is 13.4. The number of benzene rings is 1. The molecule has 0 amide bonds. The average Bonchev–Trinajstić information content (AvgIpc) is 3.08. The molecule has 2 aromatic rings. The predicted octanol–water partition coefficient (Wildman–Crippen LogP) is 4.95. The van der Waals surface area contributed by atoms with Gasteiger partial charge in [0, 0.05) is 38.1 Å². The highest BCUT2D eigenvalue weighted by atomic mass is 79.9. The van der Waals surface area contributed by atoms with Crippen LogP contribution in [-0.4, -0.2) is 5.78 Å². The van der Waals surface area contributed by atoms with Crippen molar-refractivity contribution in [2.75, 3.05) is 4.90 Å². The van der Waals surface area contributed by atoms with Crippen molar-refractivity contribution in [2.24, 2.45) is 5.73 Å². The zero-order chi connectivity index (χ0) is 19.1. The van der Waals surface area contributed by atoms with Crippen LogP contribution in [0.2, 0.25) is 0 Å². The van der Waals surface area contributed by atoms with Crippen LogP contribution in [0.5, 0.6) is 0 Å². The molecule has 2 N–H and O–H groups in total. The molecular formula is C20H15BrFN3OS. The molecule has 7 heteroatoms. The number of hydrogen-bond donors (Lipinski definition) is 1. The van der Waals surface area contributed by atoms with Crippen LogP contribution in [0.25, 0.3) is 0 Å². The lowest BCUT2D eigenvalue weighted by Crippen LogP contribution is -2.38. The minimum Gasteiger partial charge on any atom is -0.384 e. The molecule has 4 nitrogen and oxygen atoms in total. The van der Waals surface area contributed by atoms with Gasteiger partial charge in [-0.2, -0.15) is 5.26 Å². The van der Waals surface area contributed by atoms with Gasteiger partial charge >= 0.3 is 0 Å². The first-order chi connectivity index (χ1) is 13.0. The second kappa shape index (κ2) is 6.95. The molecule has 1 aromatic heterocycles. The number of anilines is 1. The Hall–Kier alpha value is -2.43. The van der Waals surface area contributed by atoms with Crippen molar-refractivity contribution in [1.82, 2.24) is 0 Å². The molecule has 4 rings (SSSR count). The van der Waals surface area contributed by atoms with Gasteiger partial charge in [0.15, 0.2) is 5.78 Å². The van der Waals surface area contributed by atoms with Gasteiger partial charge in [0.25, 0.3) is 0 Å². The zero-order valence-electron chi connectivity index (χ0n) is 14.2. The lowest BCUT2D eigenvalue weighted by atomic mass is 9.78. The van der Waals surface area contributed by atoms with Gasteiger partial charge in [0.1, 0.15) is 11.6 Å². The van der Waals surface area contributed by atoms with Gasteiger partial charge < -0.3 is 5.73 Å². The summed E-state index contributed by atoms with van der Waals surface area (Å²) in [6, 6.07) is 10.1. The van der Waals surface area contributed by atoms with E-state index >= 15 is 0 Å². The summed E-state index contributed by atoms with van der Waals surface area (Å²) in [4.78, 5) is 15.5. The molecular weight excluding hydrogens is 429 g/mol. The summed E-state index contributed by atoms with van der Waals surface area (Å²) >= 11 is 4.94. The van der Waals surface area contributed by atoms with Crippen LogP contribution in [0.15, 0.2) is 62.8 Å². The van der Waals surface area contributed by atoms with E-state index in [2.05, 4.69) is 22.0 Å². The molecule has 0 spiro atoms. The first-order valence-corrected chi connectivity index (χ1v) is 10.1. The number of carbonyl (C=O) groups is 1. The number of nitriles is 1. The minimum absolute atomic E-state index is 0.0399. The summed E-state index contributed by atoms with van der Waals surface area (Å²) in [7, 11) is 0. The second-order valence-electron chi connectivity index (χ2n) is 6.46. The number of nitrogens with two attached hydrogens (primary N) is 1. The van der Waals surface area contributed by atoms with Crippen LogP contribution >= 0.6 is 27.3 Å². The number of thiophene rings is 1. The number of allylic oxidation sites excluding steroid dienone is 3. The number of rotatable bonds is 2. The van der Waals surface area contributed by atoms with E-state index in [4.69, 9.17) is 5.73 Å². The Labute approximate surface area is 168 Å². The van der Waals surface area contributed by atoms with E-state index in [0.29, 0.717) is 35.5 Å². The smallest absolute Gasteiger partial charge is 0.161 e. The Balaban J connectivity index is 1.96. The normalized spacial score (nSPS) is 20.0. The highest BCUT2D eigenvalue weighted by Crippen LogP contribution is 2.47. The van der Waals surface area contributed by atoms with Crippen LogP contribution in [0, 0.1) is 17.1 Å². The summed E-state index contributed by atoms with van der Waals surface area (Å²) in [5.41, 5.74) is 8.86. The van der Waals surface area contributed by atoms with Gasteiger partial charge in [0.05, 0.1) is 17.6 Å². The predicted molar refractivity (Wildman–Crippen MR) is 106 cm³/mol. The van der Waals surface area contributed by atoms with Crippen LogP contribution in [0.4, 0.5) is 10.1 Å². The van der Waals surface area contributed by atoms with E-state index in [-0.39, 0.29) is 11.6 Å². The topological polar surface area (TPSA) is 70.1 Å². The van der Waals surface area contributed by atoms with E-state index < -0.39 is 5.92 Å². The largest absolute Gasteiger partial charge is 0.384 e. The summed E-state index contributed by atoms with van der Waals surface area (Å²) in [6.45, 7) is 0. The van der Waals surface area contributed by atoms with Gasteiger partial charge in [-0.1, -0.05) is 0 Å². The Morgan fingerprint density at radius 2 is 2.04 bits per heavy atom. The number of nitrogens with zero attached hydrogens (tertiary/aromatic N) is 2. The molecule has 2 heterocycles. The molecule has 0 bridgehead atoms. The van der Waals surface area contributed by atoms with Gasteiger partial charge in [-0.05, 0) is 59.1 Å². The molecule has 1 aliphatic heterocycles. The summed E-state index contributed by atoms with van der Waals surface area (Å²) in [5.74, 6) is -0.468. The van der Waals surface area contributed by atoms with Gasteiger partial charge in [0.2, 0.25) is 0 Å². The van der Waals surface area contributed by atoms with Crippen LogP contribution in [0.1, 0.15) is 30.1 Å². The van der Waals surface area contributed by atoms with Crippen LogP contribution in [-0.2, 0) is 4.79 Å². The molecule has 0 unspecified atom stereocenters. The molecule has 2 aliphatic rings. The highest BCUT2D eigenvalue weighted by Gasteiger charge is 2.40. The lowest BCUT2D eigenvalue weighted by Gasteiger charge is -2.39. The first kappa shape index (κ1) is 18.0. The van der Waals surface area contributed by atoms with Crippen molar-refractivity contribution in [3.8, 4) is 6.07 Å². The third-order valence-electron chi connectivity index (χ3n) is 4.87. The number of hydrogen-bond acceptors (Lipinski definition) is 5. The van der Waals surface area contributed by atoms with Crippen molar-refractivity contribution in [1.29, 1.82) is 5.26 Å². The van der Waals surface area contributed by atoms with E-state index in [0.717, 1.165) is 21.5 Å². The molecule has 0 radical (unpaired) electrons. The second-order valence-corrected chi connectivity index (χ2v) is 8.32. The SMILES string of the molecule is N#CC1=C(N)N(c2ccc(F)cc2)C2=C(C(=O)CCC2)[C@H]1c1cc(Br)cs1. The third kappa shape index (κ3) is 2.99. The number of ketones is 1. The summed E-state index contributed by atoms with van der Waals surface area (Å²) in [6.07, 6.45) is 1.87. The van der Waals surface area contributed by atoms with E-state index in [1.165, 1.54) is 23.5 Å². The quantitative estimate of drug-likeness (QED) is 0.712. The third-order valence-corrected chi connectivity index (χ3v) is 6.63. The first-order valence-electron chi connectivity index (χ1n) is 8.47. The summed E-state index contributed by atoms with van der Waals surface area (Å²) < 4.78 is 14.3. The number of Topliss-reactive ketones (excluding diaryl/α,β-unsaturated/α-hetero) is 1. The Bertz CT molecular complexity index is 1030. The van der Waals surface area contributed by atoms with Gasteiger partial charge in [-0.25, -0.2) is 4.39 Å². The van der Waals surface area contributed by atoms with E-state index in [1.54, 1.807) is 17.0 Å². The molecule has 1 aliphatic carbocycles.